The van der Waals surface area contributed by atoms with E-state index >= 15 is 0 Å². The Hall–Kier alpha value is -2.09. The Labute approximate surface area is 158 Å². The van der Waals surface area contributed by atoms with Crippen molar-refractivity contribution in [3.63, 3.8) is 0 Å². The number of halogens is 1. The van der Waals surface area contributed by atoms with Crippen LogP contribution < -0.4 is 0 Å². The average molecular weight is 394 g/mol. The molecule has 0 atom stereocenters. The smallest absolute Gasteiger partial charge is 0.162 e. The van der Waals surface area contributed by atoms with Crippen LogP contribution in [0.5, 0.6) is 5.75 Å². The van der Waals surface area contributed by atoms with Crippen LogP contribution in [0.3, 0.4) is 0 Å². The summed E-state index contributed by atoms with van der Waals surface area (Å²) in [6.45, 7) is 2.89. The van der Waals surface area contributed by atoms with Gasteiger partial charge in [-0.1, -0.05) is 6.42 Å². The highest BCUT2D eigenvalue weighted by atomic mass is 32.2. The van der Waals surface area contributed by atoms with Crippen molar-refractivity contribution in [3.05, 3.63) is 29.6 Å². The molecular weight excluding hydrogens is 371 g/mol. The molecule has 0 amide bonds. The first-order valence-electron chi connectivity index (χ1n) is 8.97. The molecule has 1 N–H and O–H groups in total. The van der Waals surface area contributed by atoms with E-state index in [1.54, 1.807) is 0 Å². The molecule has 1 aliphatic heterocycles. The molecule has 8 heteroatoms. The van der Waals surface area contributed by atoms with E-state index < -0.39 is 26.2 Å². The van der Waals surface area contributed by atoms with Crippen LogP contribution in [0.2, 0.25) is 0 Å². The van der Waals surface area contributed by atoms with Gasteiger partial charge in [0.1, 0.15) is 16.3 Å². The molecule has 3 rings (SSSR count). The standard InChI is InChI=1S/C19H23FN2O4S/c1-19(2,27(25,26)11-12-4-3-5-12)18(24)9-13-8-17(22-21-13)15-7-6-14(23)10-16(15)20/h6-7,10,12,23H,3-5,8-9,11H2,1-2H3. The van der Waals surface area contributed by atoms with Gasteiger partial charge in [-0.05, 0) is 44.7 Å². The number of nitrogens with zero attached hydrogens (tertiary/aromatic N) is 2. The number of benzene rings is 1. The molecule has 1 aliphatic carbocycles. The maximum Gasteiger partial charge on any atom is 0.162 e. The van der Waals surface area contributed by atoms with Crippen molar-refractivity contribution >= 4 is 27.0 Å². The lowest BCUT2D eigenvalue weighted by Gasteiger charge is -2.30. The maximum absolute atomic E-state index is 14.0. The molecule has 0 unspecified atom stereocenters. The first kappa shape index (κ1) is 19.7. The van der Waals surface area contributed by atoms with Gasteiger partial charge in [-0.3, -0.25) is 4.79 Å². The highest BCUT2D eigenvalue weighted by molar-refractivity contribution is 7.93. The van der Waals surface area contributed by atoms with Crippen molar-refractivity contribution in [3.8, 4) is 5.75 Å². The zero-order chi connectivity index (χ0) is 19.8. The maximum atomic E-state index is 14.0. The molecule has 1 aromatic rings. The minimum Gasteiger partial charge on any atom is -0.508 e. The van der Waals surface area contributed by atoms with Crippen molar-refractivity contribution in [2.24, 2.45) is 16.1 Å². The second-order valence-electron chi connectivity index (χ2n) is 7.74. The van der Waals surface area contributed by atoms with Gasteiger partial charge in [0.2, 0.25) is 0 Å². The lowest BCUT2D eigenvalue weighted by molar-refractivity contribution is -0.119. The first-order chi connectivity index (χ1) is 12.6. The molecule has 0 saturated heterocycles. The van der Waals surface area contributed by atoms with Crippen molar-refractivity contribution in [2.75, 3.05) is 5.75 Å². The molecule has 0 bridgehead atoms. The van der Waals surface area contributed by atoms with Gasteiger partial charge in [-0.25, -0.2) is 12.8 Å². The second kappa shape index (κ2) is 7.14. The van der Waals surface area contributed by atoms with Crippen molar-refractivity contribution in [2.45, 2.75) is 50.7 Å². The number of sulfone groups is 1. The minimum atomic E-state index is -3.57. The van der Waals surface area contributed by atoms with Crippen LogP contribution in [0.4, 0.5) is 4.39 Å². The van der Waals surface area contributed by atoms with E-state index in [0.29, 0.717) is 11.4 Å². The van der Waals surface area contributed by atoms with Crippen molar-refractivity contribution < 1.29 is 22.7 Å². The van der Waals surface area contributed by atoms with E-state index in [2.05, 4.69) is 10.2 Å². The summed E-state index contributed by atoms with van der Waals surface area (Å²) in [6, 6.07) is 3.73. The topological polar surface area (TPSA) is 96.2 Å². The Morgan fingerprint density at radius 2 is 2.00 bits per heavy atom. The Morgan fingerprint density at radius 1 is 1.30 bits per heavy atom. The number of phenols is 1. The van der Waals surface area contributed by atoms with Crippen LogP contribution in [0.25, 0.3) is 0 Å². The van der Waals surface area contributed by atoms with Crippen LogP contribution >= 0.6 is 0 Å². The molecule has 1 heterocycles. The normalized spacial score (nSPS) is 18.0. The number of carbonyl (C=O) groups is 1. The van der Waals surface area contributed by atoms with E-state index in [0.717, 1.165) is 25.3 Å². The van der Waals surface area contributed by atoms with E-state index in [1.165, 1.54) is 26.0 Å². The van der Waals surface area contributed by atoms with Gasteiger partial charge in [0.25, 0.3) is 0 Å². The Kier molecular flexibility index (Phi) is 5.20. The van der Waals surface area contributed by atoms with Gasteiger partial charge >= 0.3 is 0 Å². The fraction of sp³-hybridized carbons (Fsp3) is 0.526. The quantitative estimate of drug-likeness (QED) is 0.769. The highest BCUT2D eigenvalue weighted by Gasteiger charge is 2.43. The molecule has 27 heavy (non-hydrogen) atoms. The van der Waals surface area contributed by atoms with Crippen molar-refractivity contribution in [1.82, 2.24) is 0 Å². The lowest BCUT2D eigenvalue weighted by Crippen LogP contribution is -2.44. The number of hydrogen-bond donors (Lipinski definition) is 1. The Balaban J connectivity index is 1.65. The predicted molar refractivity (Wildman–Crippen MR) is 101 cm³/mol. The Bertz CT molecular complexity index is 931. The summed E-state index contributed by atoms with van der Waals surface area (Å²) >= 11 is 0. The number of rotatable bonds is 7. The van der Waals surface area contributed by atoms with E-state index in [4.69, 9.17) is 0 Å². The first-order valence-corrected chi connectivity index (χ1v) is 10.6. The third-order valence-electron chi connectivity index (χ3n) is 5.44. The average Bonchev–Trinajstić information content (AvgIpc) is 2.99. The van der Waals surface area contributed by atoms with Gasteiger partial charge in [0.05, 0.1) is 17.2 Å². The molecule has 6 nitrogen and oxygen atoms in total. The van der Waals surface area contributed by atoms with E-state index in [-0.39, 0.29) is 35.8 Å². The molecule has 2 aliphatic rings. The molecular formula is C19H23FN2O4S. The number of ketones is 1. The fourth-order valence-corrected chi connectivity index (χ4v) is 4.92. The summed E-state index contributed by atoms with van der Waals surface area (Å²) in [6.07, 6.45) is 2.87. The number of aromatic hydroxyl groups is 1. The summed E-state index contributed by atoms with van der Waals surface area (Å²) in [7, 11) is -3.57. The molecule has 0 spiro atoms. The van der Waals surface area contributed by atoms with Gasteiger partial charge in [-0.2, -0.15) is 10.2 Å². The van der Waals surface area contributed by atoms with Crippen LogP contribution in [0.15, 0.2) is 28.4 Å². The molecule has 1 saturated carbocycles. The third-order valence-corrected chi connectivity index (χ3v) is 8.13. The number of hydrogen-bond acceptors (Lipinski definition) is 6. The molecule has 0 aromatic heterocycles. The molecule has 146 valence electrons. The second-order valence-corrected chi connectivity index (χ2v) is 10.3. The van der Waals surface area contributed by atoms with Crippen molar-refractivity contribution in [1.29, 1.82) is 0 Å². The van der Waals surface area contributed by atoms with E-state index in [9.17, 15) is 22.7 Å². The lowest BCUT2D eigenvalue weighted by atomic mass is 9.87. The fourth-order valence-electron chi connectivity index (χ4n) is 3.13. The Morgan fingerprint density at radius 3 is 2.59 bits per heavy atom. The summed E-state index contributed by atoms with van der Waals surface area (Å²) in [5.41, 5.74) is 0.968. The van der Waals surface area contributed by atoms with Crippen LogP contribution in [0.1, 0.15) is 51.5 Å². The monoisotopic (exact) mass is 394 g/mol. The van der Waals surface area contributed by atoms with Crippen LogP contribution in [-0.4, -0.2) is 41.2 Å². The zero-order valence-electron chi connectivity index (χ0n) is 15.4. The summed E-state index contributed by atoms with van der Waals surface area (Å²) in [5.74, 6) is -1.05. The summed E-state index contributed by atoms with van der Waals surface area (Å²) in [4.78, 5) is 12.7. The van der Waals surface area contributed by atoms with Crippen LogP contribution in [0, 0.1) is 11.7 Å². The third kappa shape index (κ3) is 3.95. The van der Waals surface area contributed by atoms with Gasteiger partial charge in [0, 0.05) is 24.5 Å². The largest absolute Gasteiger partial charge is 0.508 e. The highest BCUT2D eigenvalue weighted by Crippen LogP contribution is 2.32. The zero-order valence-corrected chi connectivity index (χ0v) is 16.2. The predicted octanol–water partition coefficient (Wildman–Crippen LogP) is 3.03. The van der Waals surface area contributed by atoms with Gasteiger partial charge < -0.3 is 5.11 Å². The van der Waals surface area contributed by atoms with Gasteiger partial charge in [0.15, 0.2) is 15.6 Å². The summed E-state index contributed by atoms with van der Waals surface area (Å²) in [5, 5.41) is 17.2. The van der Waals surface area contributed by atoms with E-state index in [1.807, 2.05) is 0 Å². The summed E-state index contributed by atoms with van der Waals surface area (Å²) < 4.78 is 37.8. The molecule has 1 aromatic carbocycles. The number of carbonyl (C=O) groups excluding carboxylic acids is 1. The SMILES string of the molecule is CC(C)(C(=O)CC1=NN=C(c2ccc(O)cc2F)C1)S(=O)(=O)CC1CCC1. The minimum absolute atomic E-state index is 0.0404. The molecule has 0 radical (unpaired) electrons. The van der Waals surface area contributed by atoms with Gasteiger partial charge in [-0.15, -0.1) is 0 Å². The molecule has 1 fully saturated rings. The number of Topliss-reactive ketones (excluding diaryl/α,β-unsaturated/α-hetero) is 1. The van der Waals surface area contributed by atoms with Crippen LogP contribution in [-0.2, 0) is 14.6 Å². The number of phenolic OH excluding ortho intramolecular Hbond substituents is 1.